The molecular weight excluding hydrogens is 381 g/mol. The zero-order chi connectivity index (χ0) is 15.8. The third-order valence-electron chi connectivity index (χ3n) is 4.97. The lowest BCUT2D eigenvalue weighted by Gasteiger charge is -2.28. The molecule has 0 spiro atoms. The fraction of sp³-hybridized carbons (Fsp3) is 1.00. The fourth-order valence-corrected chi connectivity index (χ4v) is 2.89. The van der Waals surface area contributed by atoms with Crippen LogP contribution in [0.25, 0.3) is 0 Å². The molecule has 0 saturated heterocycles. The highest BCUT2D eigenvalue weighted by atomic mass is 127. The molecule has 0 unspecified atom stereocenters. The van der Waals surface area contributed by atoms with Crippen molar-refractivity contribution in [1.82, 2.24) is 0 Å². The lowest BCUT2D eigenvalue weighted by Crippen LogP contribution is -3.00. The molecule has 2 heteroatoms. The summed E-state index contributed by atoms with van der Waals surface area (Å²) in [6.07, 6.45) is 20.4. The summed E-state index contributed by atoms with van der Waals surface area (Å²) in [5.74, 6) is 0. The monoisotopic (exact) mass is 425 g/mol. The van der Waals surface area contributed by atoms with Crippen LogP contribution in [-0.4, -0.2) is 31.7 Å². The summed E-state index contributed by atoms with van der Waals surface area (Å²) in [6, 6.07) is 0. The Morgan fingerprint density at radius 2 is 0.818 bits per heavy atom. The summed E-state index contributed by atoms with van der Waals surface area (Å²) < 4.78 is 1.19. The molecule has 0 saturated carbocycles. The number of hydrogen-bond acceptors (Lipinski definition) is 0. The number of nitrogens with zero attached hydrogens (tertiary/aromatic N) is 1. The van der Waals surface area contributed by atoms with Crippen molar-refractivity contribution >= 4 is 0 Å². The van der Waals surface area contributed by atoms with Gasteiger partial charge in [0.15, 0.2) is 0 Å². The van der Waals surface area contributed by atoms with Crippen molar-refractivity contribution in [1.29, 1.82) is 0 Å². The van der Waals surface area contributed by atoms with E-state index in [2.05, 4.69) is 27.9 Å². The smallest absolute Gasteiger partial charge is 0.0782 e. The summed E-state index contributed by atoms with van der Waals surface area (Å²) in [5, 5.41) is 0. The molecule has 0 amide bonds. The summed E-state index contributed by atoms with van der Waals surface area (Å²) in [4.78, 5) is 0. The Balaban J connectivity index is 0. The maximum absolute atomic E-state index is 2.35. The SMILES string of the molecule is CCCCCCCCCCCCCCCC[N+](C)(C)CC.[I-]. The molecule has 0 aromatic heterocycles. The molecule has 0 bridgehead atoms. The Labute approximate surface area is 159 Å². The molecule has 0 atom stereocenters. The zero-order valence-electron chi connectivity index (χ0n) is 16.1. The first-order chi connectivity index (χ1) is 10.1. The lowest BCUT2D eigenvalue weighted by atomic mass is 10.0. The molecule has 22 heavy (non-hydrogen) atoms. The molecule has 0 aliphatic carbocycles. The molecule has 0 rings (SSSR count). The van der Waals surface area contributed by atoms with Gasteiger partial charge in [0.2, 0.25) is 0 Å². The van der Waals surface area contributed by atoms with Crippen molar-refractivity contribution < 1.29 is 28.5 Å². The number of rotatable bonds is 16. The molecule has 0 fully saturated rings. The van der Waals surface area contributed by atoms with Gasteiger partial charge < -0.3 is 28.5 Å². The minimum Gasteiger partial charge on any atom is -1.00 e. The van der Waals surface area contributed by atoms with Crippen molar-refractivity contribution in [2.45, 2.75) is 104 Å². The van der Waals surface area contributed by atoms with E-state index in [0.717, 1.165) is 0 Å². The molecule has 0 radical (unpaired) electrons. The minimum absolute atomic E-state index is 0. The van der Waals surface area contributed by atoms with Crippen LogP contribution in [0.5, 0.6) is 0 Å². The van der Waals surface area contributed by atoms with E-state index < -0.39 is 0 Å². The normalized spacial score (nSPS) is 11.5. The number of quaternary nitrogens is 1. The van der Waals surface area contributed by atoms with Crippen LogP contribution >= 0.6 is 0 Å². The Kier molecular flexibility index (Phi) is 20.4. The van der Waals surface area contributed by atoms with Gasteiger partial charge in [-0.15, -0.1) is 0 Å². The van der Waals surface area contributed by atoms with Crippen LogP contribution < -0.4 is 24.0 Å². The quantitative estimate of drug-likeness (QED) is 0.202. The van der Waals surface area contributed by atoms with Crippen LogP contribution in [0.1, 0.15) is 104 Å². The lowest BCUT2D eigenvalue weighted by molar-refractivity contribution is -0.888. The molecule has 0 aromatic rings. The predicted molar refractivity (Wildman–Crippen MR) is 97.8 cm³/mol. The third kappa shape index (κ3) is 18.7. The Morgan fingerprint density at radius 1 is 0.500 bits per heavy atom. The zero-order valence-corrected chi connectivity index (χ0v) is 18.3. The highest BCUT2D eigenvalue weighted by Crippen LogP contribution is 2.13. The molecule has 0 aliphatic rings. The number of unbranched alkanes of at least 4 members (excludes halogenated alkanes) is 13. The van der Waals surface area contributed by atoms with E-state index in [1.807, 2.05) is 0 Å². The van der Waals surface area contributed by atoms with E-state index in [0.29, 0.717) is 0 Å². The first-order valence-electron chi connectivity index (χ1n) is 9.94. The van der Waals surface area contributed by atoms with Gasteiger partial charge in [-0.05, 0) is 19.8 Å². The molecule has 136 valence electrons. The number of halogens is 1. The standard InChI is InChI=1S/C20H44N.HI/c1-5-7-8-9-10-11-12-13-14-15-16-17-18-19-20-21(3,4)6-2;/h5-20H2,1-4H3;1H/q+1;/p-1. The van der Waals surface area contributed by atoms with Gasteiger partial charge in [-0.3, -0.25) is 0 Å². The van der Waals surface area contributed by atoms with Crippen LogP contribution in [0.2, 0.25) is 0 Å². The van der Waals surface area contributed by atoms with Crippen LogP contribution in [0.4, 0.5) is 0 Å². The van der Waals surface area contributed by atoms with Crippen molar-refractivity contribution in [3.05, 3.63) is 0 Å². The van der Waals surface area contributed by atoms with Gasteiger partial charge in [-0.2, -0.15) is 0 Å². The van der Waals surface area contributed by atoms with Crippen LogP contribution in [0, 0.1) is 0 Å². The second-order valence-electron chi connectivity index (χ2n) is 7.57. The van der Waals surface area contributed by atoms with Crippen molar-refractivity contribution in [2.75, 3.05) is 27.2 Å². The maximum atomic E-state index is 2.35. The molecule has 0 heterocycles. The Bertz CT molecular complexity index is 204. The largest absolute Gasteiger partial charge is 1.00 e. The summed E-state index contributed by atoms with van der Waals surface area (Å²) in [7, 11) is 4.70. The fourth-order valence-electron chi connectivity index (χ4n) is 2.89. The van der Waals surface area contributed by atoms with Crippen LogP contribution in [0.3, 0.4) is 0 Å². The highest BCUT2D eigenvalue weighted by molar-refractivity contribution is 4.49. The molecule has 0 aromatic carbocycles. The van der Waals surface area contributed by atoms with E-state index >= 15 is 0 Å². The highest BCUT2D eigenvalue weighted by Gasteiger charge is 2.09. The first-order valence-corrected chi connectivity index (χ1v) is 9.94. The molecule has 0 N–H and O–H groups in total. The second-order valence-corrected chi connectivity index (χ2v) is 7.57. The summed E-state index contributed by atoms with van der Waals surface area (Å²) >= 11 is 0. The second kappa shape index (κ2) is 18.0. The van der Waals surface area contributed by atoms with E-state index in [1.165, 1.54) is 107 Å². The average Bonchev–Trinajstić information content (AvgIpc) is 2.47. The van der Waals surface area contributed by atoms with E-state index in [1.54, 1.807) is 0 Å². The van der Waals surface area contributed by atoms with Crippen molar-refractivity contribution in [3.8, 4) is 0 Å². The Hall–Kier alpha value is 0.690. The molecule has 0 aliphatic heterocycles. The van der Waals surface area contributed by atoms with Gasteiger partial charge in [0.25, 0.3) is 0 Å². The van der Waals surface area contributed by atoms with Gasteiger partial charge in [0.05, 0.1) is 27.2 Å². The van der Waals surface area contributed by atoms with Gasteiger partial charge in [-0.1, -0.05) is 84.0 Å². The summed E-state index contributed by atoms with van der Waals surface area (Å²) in [6.45, 7) is 7.21. The minimum atomic E-state index is 0. The topological polar surface area (TPSA) is 0 Å². The predicted octanol–water partition coefficient (Wildman–Crippen LogP) is 3.57. The van der Waals surface area contributed by atoms with Crippen LogP contribution in [-0.2, 0) is 0 Å². The molecule has 1 nitrogen and oxygen atoms in total. The third-order valence-corrected chi connectivity index (χ3v) is 4.97. The van der Waals surface area contributed by atoms with E-state index in [9.17, 15) is 0 Å². The van der Waals surface area contributed by atoms with Gasteiger partial charge in [0.1, 0.15) is 0 Å². The van der Waals surface area contributed by atoms with E-state index in [-0.39, 0.29) is 24.0 Å². The van der Waals surface area contributed by atoms with Crippen molar-refractivity contribution in [3.63, 3.8) is 0 Å². The number of hydrogen-bond donors (Lipinski definition) is 0. The van der Waals surface area contributed by atoms with Gasteiger partial charge in [0, 0.05) is 0 Å². The first kappa shape index (κ1) is 24.9. The Morgan fingerprint density at radius 3 is 1.14 bits per heavy atom. The maximum Gasteiger partial charge on any atom is 0.0782 e. The summed E-state index contributed by atoms with van der Waals surface area (Å²) in [5.41, 5.74) is 0. The average molecular weight is 425 g/mol. The molecular formula is C20H44IN. The van der Waals surface area contributed by atoms with Gasteiger partial charge >= 0.3 is 0 Å². The van der Waals surface area contributed by atoms with Crippen LogP contribution in [0.15, 0.2) is 0 Å². The van der Waals surface area contributed by atoms with Gasteiger partial charge in [-0.25, -0.2) is 0 Å². The van der Waals surface area contributed by atoms with Crippen molar-refractivity contribution in [2.24, 2.45) is 0 Å². The van der Waals surface area contributed by atoms with E-state index in [4.69, 9.17) is 0 Å².